The van der Waals surface area contributed by atoms with Crippen LogP contribution in [0.15, 0.2) is 36.4 Å². The normalized spacial score (nSPS) is 10.9. The van der Waals surface area contributed by atoms with Crippen LogP contribution in [0, 0.1) is 0 Å². The van der Waals surface area contributed by atoms with Crippen molar-refractivity contribution in [1.82, 2.24) is 10.4 Å². The summed E-state index contributed by atoms with van der Waals surface area (Å²) in [6, 6.07) is 10.7. The van der Waals surface area contributed by atoms with Gasteiger partial charge in [-0.05, 0) is 17.9 Å². The van der Waals surface area contributed by atoms with Crippen molar-refractivity contribution >= 4 is 22.6 Å². The van der Waals surface area contributed by atoms with Crippen molar-refractivity contribution in [3.8, 4) is 5.75 Å². The molecular formula is C26H38N2O3. The average molecular weight is 427 g/mol. The lowest BCUT2D eigenvalue weighted by Gasteiger charge is -2.19. The molecule has 0 aromatic heterocycles. The molecule has 0 radical (unpaired) electrons. The Morgan fingerprint density at radius 3 is 2.06 bits per heavy atom. The molecule has 5 heteroatoms. The number of phenolic OH excluding ortho intramolecular Hbond substituents is 1. The molecule has 0 unspecified atom stereocenters. The highest BCUT2D eigenvalue weighted by atomic mass is 16.3. The smallest absolute Gasteiger partial charge is 0.273 e. The van der Waals surface area contributed by atoms with E-state index in [0.29, 0.717) is 11.8 Å². The van der Waals surface area contributed by atoms with E-state index in [-0.39, 0.29) is 17.2 Å². The molecule has 2 aromatic carbocycles. The number of benzene rings is 2. The van der Waals surface area contributed by atoms with E-state index >= 15 is 0 Å². The van der Waals surface area contributed by atoms with Crippen molar-refractivity contribution in [3.05, 3.63) is 42.0 Å². The van der Waals surface area contributed by atoms with Crippen molar-refractivity contribution in [2.75, 3.05) is 7.05 Å². The number of carbonyl (C=O) groups excluding carboxylic acids is 2. The molecule has 2 N–H and O–H groups in total. The maximum Gasteiger partial charge on any atom is 0.273 e. The summed E-state index contributed by atoms with van der Waals surface area (Å²) in [6.07, 6.45) is 14.0. The first kappa shape index (κ1) is 24.7. The predicted molar refractivity (Wildman–Crippen MR) is 127 cm³/mol. The third-order valence-electron chi connectivity index (χ3n) is 5.78. The van der Waals surface area contributed by atoms with Crippen LogP contribution in [0.25, 0.3) is 10.8 Å². The quantitative estimate of drug-likeness (QED) is 0.290. The number of hydrogen-bond acceptors (Lipinski definition) is 3. The molecule has 0 aliphatic heterocycles. The van der Waals surface area contributed by atoms with Gasteiger partial charge in [-0.15, -0.1) is 0 Å². The molecule has 0 saturated carbocycles. The summed E-state index contributed by atoms with van der Waals surface area (Å²) in [5, 5.41) is 13.1. The van der Waals surface area contributed by atoms with E-state index in [4.69, 9.17) is 0 Å². The van der Waals surface area contributed by atoms with Crippen molar-refractivity contribution in [2.24, 2.45) is 0 Å². The van der Waals surface area contributed by atoms with E-state index in [0.717, 1.165) is 24.6 Å². The van der Waals surface area contributed by atoms with E-state index in [1.807, 2.05) is 18.2 Å². The maximum absolute atomic E-state index is 12.5. The SMILES string of the molecule is CCCCCCCCCCCCCC(=O)N(C)NC(=O)c1ccc2ccccc2c1O. The second-order valence-corrected chi connectivity index (χ2v) is 8.36. The van der Waals surface area contributed by atoms with Crippen LogP contribution in [0.5, 0.6) is 5.75 Å². The van der Waals surface area contributed by atoms with Gasteiger partial charge in [0.1, 0.15) is 5.75 Å². The predicted octanol–water partition coefficient (Wildman–Crippen LogP) is 6.35. The van der Waals surface area contributed by atoms with Crippen molar-refractivity contribution in [2.45, 2.75) is 84.0 Å². The fourth-order valence-corrected chi connectivity index (χ4v) is 3.82. The molecule has 0 fully saturated rings. The first-order valence-electron chi connectivity index (χ1n) is 11.8. The summed E-state index contributed by atoms with van der Waals surface area (Å²) in [6.45, 7) is 2.24. The number of hydrazine groups is 1. The van der Waals surface area contributed by atoms with Crippen LogP contribution in [-0.4, -0.2) is 29.0 Å². The Morgan fingerprint density at radius 2 is 1.42 bits per heavy atom. The number of phenols is 1. The number of aromatic hydroxyl groups is 1. The molecule has 0 spiro atoms. The van der Waals surface area contributed by atoms with Gasteiger partial charge in [-0.25, -0.2) is 0 Å². The molecular weight excluding hydrogens is 388 g/mol. The van der Waals surface area contributed by atoms with Gasteiger partial charge in [-0.2, -0.15) is 0 Å². The Morgan fingerprint density at radius 1 is 0.839 bits per heavy atom. The molecule has 31 heavy (non-hydrogen) atoms. The number of nitrogens with zero attached hydrogens (tertiary/aromatic N) is 1. The first-order valence-corrected chi connectivity index (χ1v) is 11.8. The fraction of sp³-hybridized carbons (Fsp3) is 0.538. The van der Waals surface area contributed by atoms with Gasteiger partial charge in [0, 0.05) is 18.9 Å². The van der Waals surface area contributed by atoms with Gasteiger partial charge >= 0.3 is 0 Å². The summed E-state index contributed by atoms with van der Waals surface area (Å²) in [4.78, 5) is 24.8. The van der Waals surface area contributed by atoms with E-state index in [1.54, 1.807) is 25.2 Å². The Kier molecular flexibility index (Phi) is 10.9. The number of amides is 2. The lowest BCUT2D eigenvalue weighted by atomic mass is 10.0. The highest BCUT2D eigenvalue weighted by Crippen LogP contribution is 2.28. The van der Waals surface area contributed by atoms with Gasteiger partial charge in [0.15, 0.2) is 0 Å². The molecule has 2 aromatic rings. The minimum absolute atomic E-state index is 0.0678. The zero-order chi connectivity index (χ0) is 22.5. The van der Waals surface area contributed by atoms with Gasteiger partial charge in [-0.1, -0.05) is 101 Å². The largest absolute Gasteiger partial charge is 0.506 e. The standard InChI is InChI=1S/C26H38N2O3/c1-3-4-5-6-7-8-9-10-11-12-13-18-24(29)28(2)27-26(31)23-20-19-21-16-14-15-17-22(21)25(23)30/h14-17,19-20,30H,3-13,18H2,1-2H3,(H,27,31). The molecule has 0 aliphatic rings. The van der Waals surface area contributed by atoms with Crippen molar-refractivity contribution in [1.29, 1.82) is 0 Å². The monoisotopic (exact) mass is 426 g/mol. The number of fused-ring (bicyclic) bond motifs is 1. The highest BCUT2D eigenvalue weighted by Gasteiger charge is 2.17. The number of rotatable bonds is 13. The molecule has 5 nitrogen and oxygen atoms in total. The maximum atomic E-state index is 12.5. The molecule has 0 atom stereocenters. The average Bonchev–Trinajstić information content (AvgIpc) is 2.77. The molecule has 2 amide bonds. The summed E-state index contributed by atoms with van der Waals surface area (Å²) in [7, 11) is 1.55. The van der Waals surface area contributed by atoms with Crippen LogP contribution in [-0.2, 0) is 4.79 Å². The lowest BCUT2D eigenvalue weighted by Crippen LogP contribution is -2.43. The van der Waals surface area contributed by atoms with Crippen LogP contribution in [0.3, 0.4) is 0 Å². The number of unbranched alkanes of at least 4 members (excludes halogenated alkanes) is 10. The molecule has 0 saturated heterocycles. The molecule has 0 aliphatic carbocycles. The van der Waals surface area contributed by atoms with Crippen molar-refractivity contribution < 1.29 is 14.7 Å². The number of carbonyl (C=O) groups is 2. The Labute approximate surface area is 186 Å². The Bertz CT molecular complexity index is 835. The van der Waals surface area contributed by atoms with E-state index in [9.17, 15) is 14.7 Å². The summed E-state index contributed by atoms with van der Waals surface area (Å²) >= 11 is 0. The van der Waals surface area contributed by atoms with Crippen LogP contribution >= 0.6 is 0 Å². The number of nitrogens with one attached hydrogen (secondary N) is 1. The topological polar surface area (TPSA) is 69.6 Å². The zero-order valence-corrected chi connectivity index (χ0v) is 19.2. The van der Waals surface area contributed by atoms with Gasteiger partial charge in [0.2, 0.25) is 5.91 Å². The third-order valence-corrected chi connectivity index (χ3v) is 5.78. The van der Waals surface area contributed by atoms with Crippen LogP contribution in [0.4, 0.5) is 0 Å². The molecule has 2 rings (SSSR count). The van der Waals surface area contributed by atoms with Crippen molar-refractivity contribution in [3.63, 3.8) is 0 Å². The van der Waals surface area contributed by atoms with E-state index < -0.39 is 5.91 Å². The Hall–Kier alpha value is -2.56. The van der Waals surface area contributed by atoms with Crippen LogP contribution in [0.2, 0.25) is 0 Å². The van der Waals surface area contributed by atoms with Gasteiger partial charge in [0.25, 0.3) is 5.91 Å². The van der Waals surface area contributed by atoms with E-state index in [1.165, 1.54) is 56.4 Å². The summed E-state index contributed by atoms with van der Waals surface area (Å²) in [5.74, 6) is -0.676. The third kappa shape index (κ3) is 8.23. The lowest BCUT2D eigenvalue weighted by molar-refractivity contribution is -0.132. The highest BCUT2D eigenvalue weighted by molar-refractivity contribution is 6.03. The van der Waals surface area contributed by atoms with Gasteiger partial charge in [-0.3, -0.25) is 20.0 Å². The van der Waals surface area contributed by atoms with Gasteiger partial charge in [0.05, 0.1) is 5.56 Å². The van der Waals surface area contributed by atoms with Crippen LogP contribution in [0.1, 0.15) is 94.3 Å². The second kappa shape index (κ2) is 13.7. The minimum Gasteiger partial charge on any atom is -0.506 e. The fourth-order valence-electron chi connectivity index (χ4n) is 3.82. The molecule has 0 heterocycles. The molecule has 0 bridgehead atoms. The van der Waals surface area contributed by atoms with Gasteiger partial charge < -0.3 is 5.11 Å². The zero-order valence-electron chi connectivity index (χ0n) is 19.2. The number of hydrogen-bond donors (Lipinski definition) is 2. The first-order chi connectivity index (χ1) is 15.0. The second-order valence-electron chi connectivity index (χ2n) is 8.36. The van der Waals surface area contributed by atoms with E-state index in [2.05, 4.69) is 12.3 Å². The minimum atomic E-state index is -0.488. The van der Waals surface area contributed by atoms with Crippen LogP contribution < -0.4 is 5.43 Å². The molecule has 170 valence electrons. The Balaban J connectivity index is 1.64. The summed E-state index contributed by atoms with van der Waals surface area (Å²) < 4.78 is 0. The summed E-state index contributed by atoms with van der Waals surface area (Å²) in [5.41, 5.74) is 2.74.